The Balaban J connectivity index is 0.00000128. The highest BCUT2D eigenvalue weighted by atomic mass is 79.9. The van der Waals surface area contributed by atoms with Crippen LogP contribution in [0.1, 0.15) is 6.42 Å². The standard InChI is InChI=1S/C9H13BrN4O.ClH/c10-7-3-12-14(5-7)6-9(15)13-8-1-2-11-4-8;/h3,5,8,11H,1-2,4,6H2,(H,13,15);1H. The molecule has 1 aromatic heterocycles. The van der Waals surface area contributed by atoms with Crippen LogP contribution in [0.3, 0.4) is 0 Å². The summed E-state index contributed by atoms with van der Waals surface area (Å²) in [6.45, 7) is 2.13. The molecule has 16 heavy (non-hydrogen) atoms. The van der Waals surface area contributed by atoms with E-state index in [9.17, 15) is 4.79 Å². The van der Waals surface area contributed by atoms with Gasteiger partial charge in [0.05, 0.1) is 10.7 Å². The van der Waals surface area contributed by atoms with E-state index in [1.54, 1.807) is 17.1 Å². The van der Waals surface area contributed by atoms with Gasteiger partial charge in [0, 0.05) is 18.8 Å². The highest BCUT2D eigenvalue weighted by molar-refractivity contribution is 9.10. The molecule has 1 amide bonds. The zero-order valence-corrected chi connectivity index (χ0v) is 11.1. The molecule has 0 radical (unpaired) electrons. The van der Waals surface area contributed by atoms with Gasteiger partial charge in [-0.25, -0.2) is 0 Å². The molecular weight excluding hydrogens is 295 g/mol. The van der Waals surface area contributed by atoms with Crippen LogP contribution >= 0.6 is 28.3 Å². The molecule has 2 rings (SSSR count). The highest BCUT2D eigenvalue weighted by Gasteiger charge is 2.16. The van der Waals surface area contributed by atoms with Gasteiger partial charge in [-0.15, -0.1) is 12.4 Å². The smallest absolute Gasteiger partial charge is 0.241 e. The fourth-order valence-electron chi connectivity index (χ4n) is 1.62. The third-order valence-corrected chi connectivity index (χ3v) is 2.74. The number of hydrogen-bond acceptors (Lipinski definition) is 3. The third kappa shape index (κ3) is 3.77. The lowest BCUT2D eigenvalue weighted by atomic mass is 10.2. The largest absolute Gasteiger partial charge is 0.350 e. The number of rotatable bonds is 3. The quantitative estimate of drug-likeness (QED) is 0.857. The predicted molar refractivity (Wildman–Crippen MR) is 66.6 cm³/mol. The molecule has 1 atom stereocenters. The van der Waals surface area contributed by atoms with Gasteiger partial charge in [0.2, 0.25) is 5.91 Å². The lowest BCUT2D eigenvalue weighted by molar-refractivity contribution is -0.122. The molecule has 0 saturated carbocycles. The molecule has 1 unspecified atom stereocenters. The number of carbonyl (C=O) groups is 1. The highest BCUT2D eigenvalue weighted by Crippen LogP contribution is 2.05. The minimum Gasteiger partial charge on any atom is -0.350 e. The van der Waals surface area contributed by atoms with Crippen molar-refractivity contribution in [3.8, 4) is 0 Å². The number of aromatic nitrogens is 2. The first kappa shape index (κ1) is 13.5. The van der Waals surface area contributed by atoms with Gasteiger partial charge < -0.3 is 10.6 Å². The maximum Gasteiger partial charge on any atom is 0.241 e. The summed E-state index contributed by atoms with van der Waals surface area (Å²) < 4.78 is 2.50. The number of halogens is 2. The Morgan fingerprint density at radius 3 is 3.12 bits per heavy atom. The predicted octanol–water partition coefficient (Wildman–Crippen LogP) is 0.545. The Morgan fingerprint density at radius 1 is 1.75 bits per heavy atom. The number of amides is 1. The number of carbonyl (C=O) groups excluding carboxylic acids is 1. The fourth-order valence-corrected chi connectivity index (χ4v) is 1.95. The Labute approximate surface area is 109 Å². The molecule has 0 spiro atoms. The summed E-state index contributed by atoms with van der Waals surface area (Å²) in [5.74, 6) is 0.0132. The van der Waals surface area contributed by atoms with Crippen molar-refractivity contribution in [3.05, 3.63) is 16.9 Å². The summed E-state index contributed by atoms with van der Waals surface area (Å²) in [6.07, 6.45) is 4.46. The summed E-state index contributed by atoms with van der Waals surface area (Å²) in [4.78, 5) is 11.6. The average molecular weight is 310 g/mol. The van der Waals surface area contributed by atoms with Gasteiger partial charge in [0.15, 0.2) is 0 Å². The van der Waals surface area contributed by atoms with E-state index >= 15 is 0 Å². The maximum absolute atomic E-state index is 11.6. The molecule has 2 N–H and O–H groups in total. The van der Waals surface area contributed by atoms with Crippen LogP contribution in [0.5, 0.6) is 0 Å². The van der Waals surface area contributed by atoms with E-state index in [1.165, 1.54) is 0 Å². The Bertz CT molecular complexity index is 351. The third-order valence-electron chi connectivity index (χ3n) is 2.33. The second-order valence-electron chi connectivity index (χ2n) is 3.61. The molecule has 0 bridgehead atoms. The first-order chi connectivity index (χ1) is 7.24. The second-order valence-corrected chi connectivity index (χ2v) is 4.53. The molecule has 90 valence electrons. The number of nitrogens with zero attached hydrogens (tertiary/aromatic N) is 2. The van der Waals surface area contributed by atoms with E-state index in [2.05, 4.69) is 31.7 Å². The van der Waals surface area contributed by atoms with E-state index in [1.807, 2.05) is 0 Å². The normalized spacial score (nSPS) is 19.2. The zero-order chi connectivity index (χ0) is 10.7. The van der Waals surface area contributed by atoms with Crippen molar-refractivity contribution < 1.29 is 4.79 Å². The Morgan fingerprint density at radius 2 is 2.56 bits per heavy atom. The lowest BCUT2D eigenvalue weighted by Crippen LogP contribution is -2.38. The maximum atomic E-state index is 11.6. The molecule has 5 nitrogen and oxygen atoms in total. The average Bonchev–Trinajstić information content (AvgIpc) is 2.77. The van der Waals surface area contributed by atoms with Crippen LogP contribution in [0.15, 0.2) is 16.9 Å². The first-order valence-corrected chi connectivity index (χ1v) is 5.71. The Hall–Kier alpha value is -0.590. The molecule has 0 aliphatic carbocycles. The van der Waals surface area contributed by atoms with Gasteiger partial charge in [0.1, 0.15) is 6.54 Å². The summed E-state index contributed by atoms with van der Waals surface area (Å²) in [7, 11) is 0. The molecule has 7 heteroatoms. The van der Waals surface area contributed by atoms with Crippen molar-refractivity contribution >= 4 is 34.2 Å². The summed E-state index contributed by atoms with van der Waals surface area (Å²) in [6, 6.07) is 0.275. The van der Waals surface area contributed by atoms with Crippen LogP contribution in [-0.2, 0) is 11.3 Å². The minimum absolute atomic E-state index is 0. The second kappa shape index (κ2) is 6.22. The van der Waals surface area contributed by atoms with E-state index in [4.69, 9.17) is 0 Å². The molecular formula is C9H14BrClN4O. The molecule has 1 aliphatic rings. The van der Waals surface area contributed by atoms with Crippen molar-refractivity contribution in [3.63, 3.8) is 0 Å². The summed E-state index contributed by atoms with van der Waals surface area (Å²) >= 11 is 3.29. The van der Waals surface area contributed by atoms with Crippen molar-refractivity contribution in [2.75, 3.05) is 13.1 Å². The van der Waals surface area contributed by atoms with Crippen LogP contribution in [0.25, 0.3) is 0 Å². The van der Waals surface area contributed by atoms with E-state index in [-0.39, 0.29) is 30.9 Å². The lowest BCUT2D eigenvalue weighted by Gasteiger charge is -2.10. The van der Waals surface area contributed by atoms with Crippen LogP contribution in [-0.4, -0.2) is 34.8 Å². The van der Waals surface area contributed by atoms with Crippen LogP contribution in [0.4, 0.5) is 0 Å². The topological polar surface area (TPSA) is 59.0 Å². The van der Waals surface area contributed by atoms with E-state index < -0.39 is 0 Å². The molecule has 0 aromatic carbocycles. The molecule has 1 aliphatic heterocycles. The first-order valence-electron chi connectivity index (χ1n) is 4.92. The molecule has 1 aromatic rings. The number of nitrogens with one attached hydrogen (secondary N) is 2. The van der Waals surface area contributed by atoms with Gasteiger partial charge in [-0.05, 0) is 28.9 Å². The number of hydrogen-bond donors (Lipinski definition) is 2. The van der Waals surface area contributed by atoms with Crippen molar-refractivity contribution in [1.82, 2.24) is 20.4 Å². The van der Waals surface area contributed by atoms with Gasteiger partial charge in [-0.3, -0.25) is 9.48 Å². The van der Waals surface area contributed by atoms with Crippen molar-refractivity contribution in [2.24, 2.45) is 0 Å². The van der Waals surface area contributed by atoms with Crippen LogP contribution in [0, 0.1) is 0 Å². The molecule has 1 fully saturated rings. The molecule has 2 heterocycles. The van der Waals surface area contributed by atoms with Crippen LogP contribution < -0.4 is 10.6 Å². The van der Waals surface area contributed by atoms with E-state index in [0.29, 0.717) is 0 Å². The van der Waals surface area contributed by atoms with Gasteiger partial charge in [-0.1, -0.05) is 0 Å². The van der Waals surface area contributed by atoms with E-state index in [0.717, 1.165) is 24.0 Å². The van der Waals surface area contributed by atoms with Crippen LogP contribution in [0.2, 0.25) is 0 Å². The minimum atomic E-state index is 0. The van der Waals surface area contributed by atoms with Crippen molar-refractivity contribution in [2.45, 2.75) is 19.0 Å². The Kier molecular flexibility index (Phi) is 5.24. The molecule has 1 saturated heterocycles. The van der Waals surface area contributed by atoms with Gasteiger partial charge >= 0.3 is 0 Å². The summed E-state index contributed by atoms with van der Waals surface area (Å²) in [5.41, 5.74) is 0. The van der Waals surface area contributed by atoms with Gasteiger partial charge in [0.25, 0.3) is 0 Å². The fraction of sp³-hybridized carbons (Fsp3) is 0.556. The van der Waals surface area contributed by atoms with Crippen molar-refractivity contribution in [1.29, 1.82) is 0 Å². The summed E-state index contributed by atoms with van der Waals surface area (Å²) in [5, 5.41) is 10.2. The zero-order valence-electron chi connectivity index (χ0n) is 8.65. The monoisotopic (exact) mass is 308 g/mol. The SMILES string of the molecule is Cl.O=C(Cn1cc(Br)cn1)NC1CCNC1. The van der Waals surface area contributed by atoms with Gasteiger partial charge in [-0.2, -0.15) is 5.10 Å².